The van der Waals surface area contributed by atoms with Gasteiger partial charge in [-0.1, -0.05) is 12.1 Å². The Hall–Kier alpha value is -4.32. The van der Waals surface area contributed by atoms with E-state index in [9.17, 15) is 24.3 Å². The highest BCUT2D eigenvalue weighted by atomic mass is 16.7. The highest BCUT2D eigenvalue weighted by Gasteiger charge is 2.39. The predicted molar refractivity (Wildman–Crippen MR) is 170 cm³/mol. The zero-order valence-electron chi connectivity index (χ0n) is 27.7. The fraction of sp³-hybridized carbons (Fsp3) is 0.529. The van der Waals surface area contributed by atoms with Gasteiger partial charge in [0.25, 0.3) is 5.91 Å². The second-order valence-corrected chi connectivity index (χ2v) is 13.2. The zero-order valence-corrected chi connectivity index (χ0v) is 27.7. The van der Waals surface area contributed by atoms with Gasteiger partial charge in [-0.15, -0.1) is 0 Å². The molecule has 46 heavy (non-hydrogen) atoms. The van der Waals surface area contributed by atoms with Crippen molar-refractivity contribution in [1.29, 1.82) is 0 Å². The van der Waals surface area contributed by atoms with Gasteiger partial charge in [0.1, 0.15) is 17.1 Å². The molecule has 2 aromatic rings. The van der Waals surface area contributed by atoms with Crippen LogP contribution in [-0.4, -0.2) is 70.4 Å². The van der Waals surface area contributed by atoms with E-state index in [0.717, 1.165) is 23.5 Å². The maximum atomic E-state index is 14.2. The van der Waals surface area contributed by atoms with Crippen molar-refractivity contribution in [3.63, 3.8) is 0 Å². The minimum absolute atomic E-state index is 0.0283. The van der Waals surface area contributed by atoms with Crippen molar-refractivity contribution in [2.45, 2.75) is 91.0 Å². The molecule has 0 bridgehead atoms. The summed E-state index contributed by atoms with van der Waals surface area (Å²) in [7, 11) is 1.55. The number of hydroxylamine groups is 2. The van der Waals surface area contributed by atoms with Crippen molar-refractivity contribution in [2.75, 3.05) is 25.6 Å². The van der Waals surface area contributed by atoms with Crippen LogP contribution in [0.15, 0.2) is 36.4 Å². The Morgan fingerprint density at radius 1 is 1.11 bits per heavy atom. The first-order valence-corrected chi connectivity index (χ1v) is 15.6. The molecule has 0 unspecified atom stereocenters. The van der Waals surface area contributed by atoms with Crippen LogP contribution in [0.1, 0.15) is 94.8 Å². The largest absolute Gasteiger partial charge is 0.506 e. The molecule has 1 fully saturated rings. The molecule has 2 N–H and O–H groups in total. The number of nitrogens with one attached hydrogen (secondary N) is 1. The molecule has 12 heteroatoms. The molecule has 2 aliphatic rings. The molecule has 3 amide bonds. The summed E-state index contributed by atoms with van der Waals surface area (Å²) < 4.78 is 16.4. The molecule has 12 nitrogen and oxygen atoms in total. The number of methoxy groups -OCH3 is 1. The summed E-state index contributed by atoms with van der Waals surface area (Å²) in [5, 5.41) is 13.3. The van der Waals surface area contributed by atoms with Crippen LogP contribution in [0.2, 0.25) is 0 Å². The third kappa shape index (κ3) is 8.68. The third-order valence-electron chi connectivity index (χ3n) is 7.61. The van der Waals surface area contributed by atoms with E-state index in [1.54, 1.807) is 64.8 Å². The van der Waals surface area contributed by atoms with Crippen molar-refractivity contribution in [3.05, 3.63) is 53.1 Å². The summed E-state index contributed by atoms with van der Waals surface area (Å²) in [4.78, 5) is 59.5. The highest BCUT2D eigenvalue weighted by Crippen LogP contribution is 2.42. The predicted octanol–water partition coefficient (Wildman–Crippen LogP) is 5.95. The zero-order chi connectivity index (χ0) is 33.8. The minimum atomic E-state index is -1.46. The first-order valence-electron chi connectivity index (χ1n) is 15.6. The van der Waals surface area contributed by atoms with Gasteiger partial charge in [-0.05, 0) is 84.6 Å². The Morgan fingerprint density at radius 3 is 2.43 bits per heavy atom. The molecule has 2 aromatic carbocycles. The smallest absolute Gasteiger partial charge is 0.497 e. The van der Waals surface area contributed by atoms with Crippen molar-refractivity contribution in [3.8, 4) is 11.5 Å². The number of rotatable bonds is 14. The van der Waals surface area contributed by atoms with E-state index in [1.807, 2.05) is 25.1 Å². The lowest BCUT2D eigenvalue weighted by Gasteiger charge is -2.35. The van der Waals surface area contributed by atoms with Gasteiger partial charge in [-0.2, -0.15) is 0 Å². The van der Waals surface area contributed by atoms with Gasteiger partial charge in [0.2, 0.25) is 11.8 Å². The molecule has 0 radical (unpaired) electrons. The third-order valence-corrected chi connectivity index (χ3v) is 7.61. The van der Waals surface area contributed by atoms with E-state index >= 15 is 0 Å². The maximum Gasteiger partial charge on any atom is 0.506 e. The topological polar surface area (TPSA) is 144 Å². The van der Waals surface area contributed by atoms with Crippen LogP contribution < -0.4 is 14.8 Å². The lowest BCUT2D eigenvalue weighted by molar-refractivity contribution is -0.240. The van der Waals surface area contributed by atoms with Crippen molar-refractivity contribution >= 4 is 29.6 Å². The van der Waals surface area contributed by atoms with Crippen LogP contribution >= 0.6 is 0 Å². The summed E-state index contributed by atoms with van der Waals surface area (Å²) in [6.07, 6.45) is 0.358. The second-order valence-electron chi connectivity index (χ2n) is 13.2. The Bertz CT molecular complexity index is 1460. The number of carbonyl (C=O) groups excluding carboxylic acids is 3. The molecule has 0 aromatic heterocycles. The molecule has 250 valence electrons. The average Bonchev–Trinajstić information content (AvgIpc) is 3.76. The SMILES string of the molecule is CCOc1cc(OC)ccc1[C@@H](CCC(=O)N(CC(C)(C)OC(=O)O)OC(C)(C)C)N1Cc2cccc(NC(=O)C3CC3)c2C1=O. The standard InChI is InChI=1S/C34H45N3O9/c1-8-44-27-18-23(43-7)14-15-24(27)26(16-17-28(38)37(46-33(2,3)4)20-34(5,6)45-32(41)42)36-19-22-10-9-11-25(29(22)31(36)40)35-30(39)21-12-13-21/h9-11,14-15,18,21,26H,8,12-13,16-17,19-20H2,1-7H3,(H,35,39)(H,41,42)/t26-/m1/s1. The van der Waals surface area contributed by atoms with Crippen molar-refractivity contribution < 1.29 is 43.3 Å². The lowest BCUT2D eigenvalue weighted by Crippen LogP contribution is -2.47. The second kappa shape index (κ2) is 14.0. The molecule has 0 saturated heterocycles. The van der Waals surface area contributed by atoms with Crippen LogP contribution in [0.25, 0.3) is 0 Å². The van der Waals surface area contributed by atoms with Crippen LogP contribution in [0, 0.1) is 5.92 Å². The quantitative estimate of drug-likeness (QED) is 0.189. The van der Waals surface area contributed by atoms with Crippen molar-refractivity contribution in [2.24, 2.45) is 5.92 Å². The normalized spacial score (nSPS) is 15.2. The highest BCUT2D eigenvalue weighted by molar-refractivity contribution is 6.07. The van der Waals surface area contributed by atoms with Gasteiger partial charge >= 0.3 is 6.16 Å². The Labute approximate surface area is 269 Å². The minimum Gasteiger partial charge on any atom is -0.497 e. The summed E-state index contributed by atoms with van der Waals surface area (Å²) in [6.45, 7) is 10.8. The number of hydrogen-bond acceptors (Lipinski definition) is 8. The first kappa shape index (κ1) is 34.6. The first-order chi connectivity index (χ1) is 21.6. The molecular formula is C34H45N3O9. The van der Waals surface area contributed by atoms with Gasteiger partial charge in [0.15, 0.2) is 0 Å². The fourth-order valence-electron chi connectivity index (χ4n) is 5.50. The van der Waals surface area contributed by atoms with Crippen LogP contribution in [-0.2, 0) is 25.7 Å². The number of carbonyl (C=O) groups is 4. The Kier molecular flexibility index (Phi) is 10.5. The van der Waals surface area contributed by atoms with E-state index in [2.05, 4.69) is 5.32 Å². The number of benzene rings is 2. The molecular weight excluding hydrogens is 594 g/mol. The number of nitrogens with zero attached hydrogens (tertiary/aromatic N) is 2. The molecule has 0 spiro atoms. The lowest BCUT2D eigenvalue weighted by atomic mass is 9.98. The average molecular weight is 640 g/mol. The fourth-order valence-corrected chi connectivity index (χ4v) is 5.50. The number of ether oxygens (including phenoxy) is 3. The molecule has 4 rings (SSSR count). The molecule has 1 saturated carbocycles. The Balaban J connectivity index is 1.67. The number of carboxylic acid groups (broad SMARTS) is 1. The summed E-state index contributed by atoms with van der Waals surface area (Å²) in [6, 6.07) is 10.2. The van der Waals surface area contributed by atoms with E-state index in [4.69, 9.17) is 19.0 Å². The van der Waals surface area contributed by atoms with Crippen LogP contribution in [0.5, 0.6) is 11.5 Å². The summed E-state index contributed by atoms with van der Waals surface area (Å²) in [5.74, 6) is 0.299. The molecule has 1 aliphatic carbocycles. The summed E-state index contributed by atoms with van der Waals surface area (Å²) in [5.41, 5.74) is 0.356. The van der Waals surface area contributed by atoms with Gasteiger partial charge in [0.05, 0.1) is 43.2 Å². The van der Waals surface area contributed by atoms with E-state index in [0.29, 0.717) is 34.9 Å². The molecule has 1 aliphatic heterocycles. The Morgan fingerprint density at radius 2 is 1.83 bits per heavy atom. The van der Waals surface area contributed by atoms with Gasteiger partial charge < -0.3 is 29.5 Å². The molecule has 1 atom stereocenters. The summed E-state index contributed by atoms with van der Waals surface area (Å²) >= 11 is 0. The van der Waals surface area contributed by atoms with E-state index < -0.39 is 29.3 Å². The van der Waals surface area contributed by atoms with Gasteiger partial charge in [0, 0.05) is 30.5 Å². The van der Waals surface area contributed by atoms with E-state index in [1.165, 1.54) is 0 Å². The monoisotopic (exact) mass is 639 g/mol. The molecule has 1 heterocycles. The number of fused-ring (bicyclic) bond motifs is 1. The van der Waals surface area contributed by atoms with Crippen LogP contribution in [0.3, 0.4) is 0 Å². The van der Waals surface area contributed by atoms with E-state index in [-0.39, 0.29) is 43.7 Å². The maximum absolute atomic E-state index is 14.2. The van der Waals surface area contributed by atoms with Gasteiger partial charge in [-0.3, -0.25) is 19.2 Å². The number of amides is 3. The van der Waals surface area contributed by atoms with Crippen molar-refractivity contribution in [1.82, 2.24) is 9.96 Å². The number of anilines is 1. The van der Waals surface area contributed by atoms with Crippen LogP contribution in [0.4, 0.5) is 10.5 Å². The number of hydrogen-bond donors (Lipinski definition) is 2. The van der Waals surface area contributed by atoms with Gasteiger partial charge in [-0.25, -0.2) is 9.86 Å².